The molecule has 0 saturated heterocycles. The highest BCUT2D eigenvalue weighted by atomic mass is 32.2. The minimum Gasteiger partial charge on any atom is -0.467 e. The second-order valence-corrected chi connectivity index (χ2v) is 5.83. The summed E-state index contributed by atoms with van der Waals surface area (Å²) >= 11 is 0. The summed E-state index contributed by atoms with van der Waals surface area (Å²) in [6, 6.07) is 5.59. The molecule has 0 aliphatic rings. The molecule has 5 nitrogen and oxygen atoms in total. The monoisotopic (exact) mass is 354 g/mol. The van der Waals surface area contributed by atoms with Gasteiger partial charge < -0.3 is 13.7 Å². The van der Waals surface area contributed by atoms with E-state index < -0.39 is 27.2 Å². The molecule has 0 amide bonds. The molecule has 126 valence electrons. The molecule has 0 aliphatic heterocycles. The van der Waals surface area contributed by atoms with Crippen LogP contribution in [-0.4, -0.2) is 27.8 Å². The van der Waals surface area contributed by atoms with Crippen molar-refractivity contribution in [3.8, 4) is 11.5 Å². The Hall–Kier alpha value is -2.07. The van der Waals surface area contributed by atoms with Crippen molar-refractivity contribution in [2.75, 3.05) is 13.9 Å². The standard InChI is InChI=1S/C13H10F4O5S/c1-20-7-21-8-5-10-9(3-2-4-11(10)14)12(6-8)22-23(18,19)13(15,16)17/h2-6H,7H2,1H3. The number of hydrogen-bond donors (Lipinski definition) is 0. The molecule has 0 bridgehead atoms. The Morgan fingerprint density at radius 3 is 2.43 bits per heavy atom. The first-order chi connectivity index (χ1) is 10.7. The summed E-state index contributed by atoms with van der Waals surface area (Å²) < 4.78 is 87.3. The summed E-state index contributed by atoms with van der Waals surface area (Å²) in [7, 11) is -4.60. The largest absolute Gasteiger partial charge is 0.534 e. The Morgan fingerprint density at radius 1 is 1.13 bits per heavy atom. The molecule has 0 spiro atoms. The molecule has 2 rings (SSSR count). The fraction of sp³-hybridized carbons (Fsp3) is 0.231. The van der Waals surface area contributed by atoms with Crippen molar-refractivity contribution in [1.82, 2.24) is 0 Å². The fourth-order valence-corrected chi connectivity index (χ4v) is 2.20. The van der Waals surface area contributed by atoms with Crippen molar-refractivity contribution in [1.29, 1.82) is 0 Å². The van der Waals surface area contributed by atoms with Crippen LogP contribution in [0, 0.1) is 5.82 Å². The van der Waals surface area contributed by atoms with Crippen LogP contribution < -0.4 is 8.92 Å². The Balaban J connectivity index is 2.59. The van der Waals surface area contributed by atoms with Gasteiger partial charge in [0.25, 0.3) is 0 Å². The number of hydrogen-bond acceptors (Lipinski definition) is 5. The highest BCUT2D eigenvalue weighted by Crippen LogP contribution is 2.36. The maximum absolute atomic E-state index is 13.8. The second kappa shape index (κ2) is 6.20. The summed E-state index contributed by atoms with van der Waals surface area (Å²) in [6.45, 7) is -0.272. The summed E-state index contributed by atoms with van der Waals surface area (Å²) in [5, 5.41) is -0.309. The average Bonchev–Trinajstić information content (AvgIpc) is 2.44. The maximum atomic E-state index is 13.8. The molecule has 0 saturated carbocycles. The van der Waals surface area contributed by atoms with Crippen LogP contribution in [0.4, 0.5) is 17.6 Å². The third kappa shape index (κ3) is 3.64. The summed E-state index contributed by atoms with van der Waals surface area (Å²) in [4.78, 5) is 0. The quantitative estimate of drug-likeness (QED) is 0.357. The third-order valence-corrected chi connectivity index (χ3v) is 3.67. The fourth-order valence-electron chi connectivity index (χ4n) is 1.73. The van der Waals surface area contributed by atoms with E-state index in [1.54, 1.807) is 0 Å². The molecule has 0 aromatic heterocycles. The van der Waals surface area contributed by atoms with Crippen molar-refractivity contribution in [2.45, 2.75) is 5.51 Å². The van der Waals surface area contributed by atoms with Crippen molar-refractivity contribution in [3.63, 3.8) is 0 Å². The first-order valence-electron chi connectivity index (χ1n) is 6.00. The van der Waals surface area contributed by atoms with E-state index in [0.29, 0.717) is 0 Å². The van der Waals surface area contributed by atoms with Gasteiger partial charge in [-0.2, -0.15) is 21.6 Å². The van der Waals surface area contributed by atoms with E-state index in [1.807, 2.05) is 0 Å². The molecule has 0 heterocycles. The molecular formula is C13H10F4O5S. The van der Waals surface area contributed by atoms with Gasteiger partial charge in [0.15, 0.2) is 12.5 Å². The Labute approximate surface area is 128 Å². The summed E-state index contributed by atoms with van der Waals surface area (Å²) in [5.74, 6) is -1.60. The number of benzene rings is 2. The normalized spacial score (nSPS) is 12.4. The molecule has 0 aliphatic carbocycles. The van der Waals surface area contributed by atoms with E-state index in [2.05, 4.69) is 8.92 Å². The number of halogens is 4. The van der Waals surface area contributed by atoms with E-state index in [9.17, 15) is 26.0 Å². The molecule has 0 unspecified atom stereocenters. The van der Waals surface area contributed by atoms with Crippen molar-refractivity contribution in [3.05, 3.63) is 36.1 Å². The van der Waals surface area contributed by atoms with Crippen LogP contribution in [0.3, 0.4) is 0 Å². The van der Waals surface area contributed by atoms with Crippen molar-refractivity contribution >= 4 is 20.9 Å². The molecule has 2 aromatic carbocycles. The van der Waals surface area contributed by atoms with Gasteiger partial charge in [0, 0.05) is 23.9 Å². The minimum atomic E-state index is -5.90. The lowest BCUT2D eigenvalue weighted by atomic mass is 10.1. The lowest BCUT2D eigenvalue weighted by Gasteiger charge is -2.14. The van der Waals surface area contributed by atoms with Crippen LogP contribution in [-0.2, 0) is 14.9 Å². The van der Waals surface area contributed by atoms with Crippen LogP contribution >= 0.6 is 0 Å². The Morgan fingerprint density at radius 2 is 1.83 bits per heavy atom. The molecule has 10 heteroatoms. The minimum absolute atomic E-state index is 0.114. The van der Waals surface area contributed by atoms with Crippen LogP contribution in [0.1, 0.15) is 0 Å². The Bertz CT molecular complexity index is 817. The molecule has 0 fully saturated rings. The third-order valence-electron chi connectivity index (χ3n) is 2.70. The highest BCUT2D eigenvalue weighted by molar-refractivity contribution is 7.88. The van der Waals surface area contributed by atoms with Crippen LogP contribution in [0.25, 0.3) is 10.8 Å². The molecule has 2 aromatic rings. The molecule has 0 radical (unpaired) electrons. The van der Waals surface area contributed by atoms with E-state index in [0.717, 1.165) is 12.1 Å². The smallest absolute Gasteiger partial charge is 0.467 e. The summed E-state index contributed by atoms with van der Waals surface area (Å²) in [6.07, 6.45) is 0. The second-order valence-electron chi connectivity index (χ2n) is 4.29. The zero-order valence-corrected chi connectivity index (χ0v) is 12.4. The van der Waals surface area contributed by atoms with Gasteiger partial charge in [-0.15, -0.1) is 0 Å². The van der Waals surface area contributed by atoms with E-state index in [4.69, 9.17) is 4.74 Å². The summed E-state index contributed by atoms with van der Waals surface area (Å²) in [5.41, 5.74) is -5.62. The predicted molar refractivity (Wildman–Crippen MR) is 72.0 cm³/mol. The number of rotatable bonds is 5. The number of alkyl halides is 3. The van der Waals surface area contributed by atoms with Crippen LogP contribution in [0.5, 0.6) is 11.5 Å². The molecule has 0 atom stereocenters. The average molecular weight is 354 g/mol. The van der Waals surface area contributed by atoms with Crippen LogP contribution in [0.15, 0.2) is 30.3 Å². The van der Waals surface area contributed by atoms with Gasteiger partial charge in [0.1, 0.15) is 11.6 Å². The van der Waals surface area contributed by atoms with Gasteiger partial charge in [-0.3, -0.25) is 0 Å². The molecular weight excluding hydrogens is 344 g/mol. The van der Waals surface area contributed by atoms with Gasteiger partial charge in [-0.1, -0.05) is 12.1 Å². The van der Waals surface area contributed by atoms with Gasteiger partial charge in [0.05, 0.1) is 0 Å². The van der Waals surface area contributed by atoms with Crippen LogP contribution in [0.2, 0.25) is 0 Å². The topological polar surface area (TPSA) is 61.8 Å². The SMILES string of the molecule is COCOc1cc(OS(=O)(=O)C(F)(F)F)c2cccc(F)c2c1. The number of ether oxygens (including phenoxy) is 2. The number of fused-ring (bicyclic) bond motifs is 1. The Kier molecular flexibility index (Phi) is 4.66. The zero-order chi connectivity index (χ0) is 17.3. The highest BCUT2D eigenvalue weighted by Gasteiger charge is 2.48. The van der Waals surface area contributed by atoms with Crippen molar-refractivity contribution in [2.24, 2.45) is 0 Å². The number of methoxy groups -OCH3 is 1. The van der Waals surface area contributed by atoms with E-state index in [1.165, 1.54) is 25.3 Å². The zero-order valence-electron chi connectivity index (χ0n) is 11.6. The lowest BCUT2D eigenvalue weighted by molar-refractivity contribution is -0.0499. The molecule has 23 heavy (non-hydrogen) atoms. The van der Waals surface area contributed by atoms with Crippen molar-refractivity contribution < 1.29 is 39.6 Å². The molecule has 0 N–H and O–H groups in total. The van der Waals surface area contributed by atoms with Gasteiger partial charge in [0.2, 0.25) is 0 Å². The van der Waals surface area contributed by atoms with E-state index in [-0.39, 0.29) is 23.3 Å². The first kappa shape index (κ1) is 17.3. The van der Waals surface area contributed by atoms with Gasteiger partial charge in [-0.25, -0.2) is 4.39 Å². The van der Waals surface area contributed by atoms with Gasteiger partial charge in [-0.05, 0) is 12.1 Å². The van der Waals surface area contributed by atoms with E-state index >= 15 is 0 Å². The maximum Gasteiger partial charge on any atom is 0.534 e. The lowest BCUT2D eigenvalue weighted by Crippen LogP contribution is -2.28. The predicted octanol–water partition coefficient (Wildman–Crippen LogP) is 3.19. The first-order valence-corrected chi connectivity index (χ1v) is 7.41. The van der Waals surface area contributed by atoms with Gasteiger partial charge >= 0.3 is 15.6 Å².